The van der Waals surface area contributed by atoms with Crippen molar-refractivity contribution in [2.45, 2.75) is 19.6 Å². The van der Waals surface area contributed by atoms with Crippen LogP contribution in [0.4, 0.5) is 5.69 Å². The SMILES string of the molecule is COc1cc(CNCCC(=O)O)ccc1OCc1ccc([N+](=O)[O-])cc1. The maximum absolute atomic E-state index is 10.7. The van der Waals surface area contributed by atoms with Gasteiger partial charge in [-0.25, -0.2) is 0 Å². The number of hydrogen-bond donors (Lipinski definition) is 2. The summed E-state index contributed by atoms with van der Waals surface area (Å²) in [6, 6.07) is 11.6. The van der Waals surface area contributed by atoms with Gasteiger partial charge in [-0.1, -0.05) is 6.07 Å². The van der Waals surface area contributed by atoms with Crippen LogP contribution >= 0.6 is 0 Å². The van der Waals surface area contributed by atoms with Crippen LogP contribution < -0.4 is 14.8 Å². The van der Waals surface area contributed by atoms with Crippen LogP contribution in [0.1, 0.15) is 17.5 Å². The van der Waals surface area contributed by atoms with Crippen LogP contribution in [0.25, 0.3) is 0 Å². The molecule has 0 atom stereocenters. The second-order valence-electron chi connectivity index (χ2n) is 5.52. The van der Waals surface area contributed by atoms with Crippen LogP contribution in [0.2, 0.25) is 0 Å². The number of ether oxygens (including phenoxy) is 2. The first kappa shape index (κ1) is 19.2. The van der Waals surface area contributed by atoms with Crippen molar-refractivity contribution >= 4 is 11.7 Å². The fourth-order valence-corrected chi connectivity index (χ4v) is 2.24. The third-order valence-corrected chi connectivity index (χ3v) is 3.61. The van der Waals surface area contributed by atoms with Gasteiger partial charge >= 0.3 is 5.97 Å². The molecule has 138 valence electrons. The highest BCUT2D eigenvalue weighted by Crippen LogP contribution is 2.29. The molecule has 0 aliphatic carbocycles. The van der Waals surface area contributed by atoms with E-state index in [4.69, 9.17) is 14.6 Å². The molecule has 2 rings (SSSR count). The lowest BCUT2D eigenvalue weighted by Gasteiger charge is -2.12. The lowest BCUT2D eigenvalue weighted by molar-refractivity contribution is -0.384. The summed E-state index contributed by atoms with van der Waals surface area (Å²) in [5, 5.41) is 22.3. The Labute approximate surface area is 150 Å². The first-order chi connectivity index (χ1) is 12.5. The van der Waals surface area contributed by atoms with E-state index in [-0.39, 0.29) is 18.7 Å². The van der Waals surface area contributed by atoms with Gasteiger partial charge in [-0.15, -0.1) is 0 Å². The molecule has 2 aromatic carbocycles. The topological polar surface area (TPSA) is 111 Å². The number of nitro benzene ring substituents is 1. The zero-order chi connectivity index (χ0) is 18.9. The molecule has 0 saturated heterocycles. The first-order valence-corrected chi connectivity index (χ1v) is 7.95. The lowest BCUT2D eigenvalue weighted by atomic mass is 10.2. The number of nitro groups is 1. The van der Waals surface area contributed by atoms with Gasteiger partial charge in [-0.05, 0) is 35.4 Å². The Kier molecular flexibility index (Phi) is 6.92. The van der Waals surface area contributed by atoms with E-state index in [9.17, 15) is 14.9 Å². The number of methoxy groups -OCH3 is 1. The monoisotopic (exact) mass is 360 g/mol. The molecule has 0 heterocycles. The molecule has 26 heavy (non-hydrogen) atoms. The Morgan fingerprint density at radius 3 is 2.46 bits per heavy atom. The molecule has 2 aromatic rings. The zero-order valence-electron chi connectivity index (χ0n) is 14.3. The van der Waals surface area contributed by atoms with E-state index in [1.54, 1.807) is 18.2 Å². The van der Waals surface area contributed by atoms with E-state index in [1.165, 1.54) is 19.2 Å². The standard InChI is InChI=1S/C18H20N2O6/c1-25-17-10-14(11-19-9-8-18(21)22)4-7-16(17)26-12-13-2-5-15(6-3-13)20(23)24/h2-7,10,19H,8-9,11-12H2,1H3,(H,21,22). The predicted molar refractivity (Wildman–Crippen MR) is 94.4 cm³/mol. The van der Waals surface area contributed by atoms with E-state index in [2.05, 4.69) is 5.32 Å². The number of nitrogens with one attached hydrogen (secondary N) is 1. The smallest absolute Gasteiger partial charge is 0.304 e. The molecule has 0 radical (unpaired) electrons. The van der Waals surface area contributed by atoms with Gasteiger partial charge in [0.05, 0.1) is 18.5 Å². The molecule has 0 saturated carbocycles. The number of carbonyl (C=O) groups is 1. The summed E-state index contributed by atoms with van der Waals surface area (Å²) in [7, 11) is 1.54. The van der Waals surface area contributed by atoms with Crippen molar-refractivity contribution in [2.75, 3.05) is 13.7 Å². The number of non-ortho nitro benzene ring substituents is 1. The highest BCUT2D eigenvalue weighted by molar-refractivity contribution is 5.66. The van der Waals surface area contributed by atoms with Crippen molar-refractivity contribution < 1.29 is 24.3 Å². The molecule has 0 fully saturated rings. The molecule has 0 amide bonds. The van der Waals surface area contributed by atoms with E-state index in [1.807, 2.05) is 12.1 Å². The minimum absolute atomic E-state index is 0.0334. The fraction of sp³-hybridized carbons (Fsp3) is 0.278. The Balaban J connectivity index is 1.94. The minimum atomic E-state index is -0.843. The van der Waals surface area contributed by atoms with Gasteiger partial charge in [0.25, 0.3) is 5.69 Å². The summed E-state index contributed by atoms with van der Waals surface area (Å²) in [5.41, 5.74) is 1.78. The van der Waals surface area contributed by atoms with Gasteiger partial charge in [0, 0.05) is 25.2 Å². The zero-order valence-corrected chi connectivity index (χ0v) is 14.3. The lowest BCUT2D eigenvalue weighted by Crippen LogP contribution is -2.17. The highest BCUT2D eigenvalue weighted by Gasteiger charge is 2.08. The first-order valence-electron chi connectivity index (χ1n) is 7.95. The Morgan fingerprint density at radius 2 is 1.85 bits per heavy atom. The van der Waals surface area contributed by atoms with Crippen molar-refractivity contribution in [3.63, 3.8) is 0 Å². The normalized spacial score (nSPS) is 10.3. The van der Waals surface area contributed by atoms with Gasteiger partial charge in [-0.3, -0.25) is 14.9 Å². The molecule has 0 aliphatic rings. The molecule has 0 unspecified atom stereocenters. The van der Waals surface area contributed by atoms with Gasteiger partial charge in [0.1, 0.15) is 6.61 Å². The average Bonchev–Trinajstić information content (AvgIpc) is 2.64. The van der Waals surface area contributed by atoms with Crippen LogP contribution in [-0.2, 0) is 17.9 Å². The number of aliphatic carboxylic acids is 1. The number of carboxylic acids is 1. The van der Waals surface area contributed by atoms with Crippen LogP contribution in [0, 0.1) is 10.1 Å². The summed E-state index contributed by atoms with van der Waals surface area (Å²) >= 11 is 0. The van der Waals surface area contributed by atoms with E-state index < -0.39 is 10.9 Å². The molecular weight excluding hydrogens is 340 g/mol. The number of carboxylic acid groups (broad SMARTS) is 1. The average molecular weight is 360 g/mol. The fourth-order valence-electron chi connectivity index (χ4n) is 2.24. The Bertz CT molecular complexity index is 761. The molecule has 0 aliphatic heterocycles. The molecule has 8 nitrogen and oxygen atoms in total. The summed E-state index contributed by atoms with van der Waals surface area (Å²) in [6.07, 6.45) is 0.0631. The Morgan fingerprint density at radius 1 is 1.15 bits per heavy atom. The minimum Gasteiger partial charge on any atom is -0.493 e. The number of nitrogens with zero attached hydrogens (tertiary/aromatic N) is 1. The van der Waals surface area contributed by atoms with E-state index in [0.717, 1.165) is 11.1 Å². The number of rotatable bonds is 10. The highest BCUT2D eigenvalue weighted by atomic mass is 16.6. The van der Waals surface area contributed by atoms with Crippen LogP contribution in [0.5, 0.6) is 11.5 Å². The van der Waals surface area contributed by atoms with E-state index >= 15 is 0 Å². The van der Waals surface area contributed by atoms with Gasteiger partial charge in [0.2, 0.25) is 0 Å². The van der Waals surface area contributed by atoms with Crippen molar-refractivity contribution in [3.05, 3.63) is 63.7 Å². The van der Waals surface area contributed by atoms with Crippen molar-refractivity contribution in [1.29, 1.82) is 0 Å². The molecule has 8 heteroatoms. The molecule has 0 spiro atoms. The molecule has 2 N–H and O–H groups in total. The molecular formula is C18H20N2O6. The second kappa shape index (κ2) is 9.38. The third kappa shape index (κ3) is 5.75. The predicted octanol–water partition coefficient (Wildman–Crippen LogP) is 2.75. The van der Waals surface area contributed by atoms with E-state index in [0.29, 0.717) is 24.6 Å². The quantitative estimate of drug-likeness (QED) is 0.381. The van der Waals surface area contributed by atoms with Gasteiger partial charge in [0.15, 0.2) is 11.5 Å². The summed E-state index contributed by atoms with van der Waals surface area (Å²) < 4.78 is 11.1. The van der Waals surface area contributed by atoms with Crippen molar-refractivity contribution in [2.24, 2.45) is 0 Å². The largest absolute Gasteiger partial charge is 0.493 e. The van der Waals surface area contributed by atoms with Crippen LogP contribution in [0.3, 0.4) is 0 Å². The summed E-state index contributed by atoms with van der Waals surface area (Å²) in [6.45, 7) is 1.16. The number of hydrogen-bond acceptors (Lipinski definition) is 6. The summed E-state index contributed by atoms with van der Waals surface area (Å²) in [4.78, 5) is 20.7. The van der Waals surface area contributed by atoms with Crippen LogP contribution in [-0.4, -0.2) is 29.7 Å². The molecule has 0 bridgehead atoms. The third-order valence-electron chi connectivity index (χ3n) is 3.61. The van der Waals surface area contributed by atoms with Crippen LogP contribution in [0.15, 0.2) is 42.5 Å². The van der Waals surface area contributed by atoms with Crippen molar-refractivity contribution in [3.8, 4) is 11.5 Å². The van der Waals surface area contributed by atoms with Gasteiger partial charge in [-0.2, -0.15) is 0 Å². The van der Waals surface area contributed by atoms with Crippen molar-refractivity contribution in [1.82, 2.24) is 5.32 Å². The Hall–Kier alpha value is -3.13. The van der Waals surface area contributed by atoms with Gasteiger partial charge < -0.3 is 19.9 Å². The summed E-state index contributed by atoms with van der Waals surface area (Å²) in [5.74, 6) is 0.273. The molecule has 0 aromatic heterocycles. The maximum atomic E-state index is 10.7. The number of benzene rings is 2. The second-order valence-corrected chi connectivity index (χ2v) is 5.52. The maximum Gasteiger partial charge on any atom is 0.304 e.